The molecule has 0 spiro atoms. The lowest BCUT2D eigenvalue weighted by Crippen LogP contribution is -2.05. The van der Waals surface area contributed by atoms with Gasteiger partial charge in [-0.3, -0.25) is 0 Å². The third kappa shape index (κ3) is 3.79. The van der Waals surface area contributed by atoms with Crippen molar-refractivity contribution >= 4 is 11.8 Å². The van der Waals surface area contributed by atoms with Gasteiger partial charge in [-0.25, -0.2) is 4.98 Å². The van der Waals surface area contributed by atoms with Crippen molar-refractivity contribution in [2.24, 2.45) is 0 Å². The molecule has 0 amide bonds. The summed E-state index contributed by atoms with van der Waals surface area (Å²) in [6.45, 7) is 7.02. The van der Waals surface area contributed by atoms with Crippen molar-refractivity contribution in [3.63, 3.8) is 0 Å². The number of benzene rings is 1. The molecule has 0 aliphatic carbocycles. The first-order chi connectivity index (χ1) is 11.5. The SMILES string of the molecule is CCn1c(CCO)nc(C(C)C)c1Sc1cc(C#N)cc(C#N)c1. The van der Waals surface area contributed by atoms with E-state index in [9.17, 15) is 5.11 Å². The van der Waals surface area contributed by atoms with E-state index in [1.54, 1.807) is 18.2 Å². The third-order valence-corrected chi connectivity index (χ3v) is 4.70. The molecule has 1 aromatic carbocycles. The van der Waals surface area contributed by atoms with E-state index in [-0.39, 0.29) is 12.5 Å². The summed E-state index contributed by atoms with van der Waals surface area (Å²) in [5.74, 6) is 1.11. The minimum absolute atomic E-state index is 0.0567. The molecule has 24 heavy (non-hydrogen) atoms. The van der Waals surface area contributed by atoms with E-state index < -0.39 is 0 Å². The minimum atomic E-state index is 0.0567. The average molecular weight is 340 g/mol. The lowest BCUT2D eigenvalue weighted by Gasteiger charge is -2.11. The number of hydrogen-bond donors (Lipinski definition) is 1. The minimum Gasteiger partial charge on any atom is -0.396 e. The van der Waals surface area contributed by atoms with Crippen molar-refractivity contribution in [1.82, 2.24) is 9.55 Å². The van der Waals surface area contributed by atoms with Gasteiger partial charge in [0.25, 0.3) is 0 Å². The van der Waals surface area contributed by atoms with E-state index >= 15 is 0 Å². The van der Waals surface area contributed by atoms with E-state index in [1.807, 2.05) is 6.92 Å². The first-order valence-electron chi connectivity index (χ1n) is 7.87. The van der Waals surface area contributed by atoms with Gasteiger partial charge >= 0.3 is 0 Å². The highest BCUT2D eigenvalue weighted by Crippen LogP contribution is 2.35. The van der Waals surface area contributed by atoms with Gasteiger partial charge in [0.15, 0.2) is 0 Å². The Labute approximate surface area is 146 Å². The summed E-state index contributed by atoms with van der Waals surface area (Å²) < 4.78 is 2.10. The molecule has 0 aliphatic rings. The molecule has 0 aliphatic heterocycles. The van der Waals surface area contributed by atoms with Crippen LogP contribution in [-0.2, 0) is 13.0 Å². The lowest BCUT2D eigenvalue weighted by atomic mass is 10.1. The highest BCUT2D eigenvalue weighted by atomic mass is 32.2. The fourth-order valence-corrected chi connectivity index (χ4v) is 3.83. The molecule has 1 heterocycles. The van der Waals surface area contributed by atoms with Crippen LogP contribution in [-0.4, -0.2) is 21.3 Å². The van der Waals surface area contributed by atoms with Gasteiger partial charge in [0.1, 0.15) is 10.9 Å². The fourth-order valence-electron chi connectivity index (χ4n) is 2.50. The van der Waals surface area contributed by atoms with Gasteiger partial charge in [0, 0.05) is 17.9 Å². The van der Waals surface area contributed by atoms with E-state index in [1.165, 1.54) is 11.8 Å². The summed E-state index contributed by atoms with van der Waals surface area (Å²) in [6.07, 6.45) is 0.510. The summed E-state index contributed by atoms with van der Waals surface area (Å²) in [6, 6.07) is 9.36. The molecule has 2 aromatic rings. The molecular formula is C18H20N4OS. The van der Waals surface area contributed by atoms with Crippen molar-refractivity contribution < 1.29 is 5.11 Å². The zero-order chi connectivity index (χ0) is 17.7. The van der Waals surface area contributed by atoms with Gasteiger partial charge < -0.3 is 9.67 Å². The van der Waals surface area contributed by atoms with Gasteiger partial charge in [-0.15, -0.1) is 0 Å². The van der Waals surface area contributed by atoms with Gasteiger partial charge in [0.2, 0.25) is 0 Å². The standard InChI is InChI=1S/C18H20N4OS/c1-4-22-16(5-6-23)21-17(12(2)3)18(22)24-15-8-13(10-19)7-14(9-15)11-20/h7-9,12,23H,4-6H2,1-3H3. The molecule has 0 saturated heterocycles. The van der Waals surface area contributed by atoms with E-state index in [2.05, 4.69) is 30.6 Å². The first kappa shape index (κ1) is 18.1. The number of hydrogen-bond acceptors (Lipinski definition) is 5. The van der Waals surface area contributed by atoms with Crippen molar-refractivity contribution in [3.05, 3.63) is 40.8 Å². The number of nitriles is 2. The second kappa shape index (κ2) is 8.01. The van der Waals surface area contributed by atoms with E-state index in [0.29, 0.717) is 17.5 Å². The Morgan fingerprint density at radius 3 is 2.29 bits per heavy atom. The second-order valence-corrected chi connectivity index (χ2v) is 6.72. The van der Waals surface area contributed by atoms with Crippen LogP contribution in [0.5, 0.6) is 0 Å². The normalized spacial score (nSPS) is 10.6. The van der Waals surface area contributed by atoms with Gasteiger partial charge in [0.05, 0.1) is 35.6 Å². The van der Waals surface area contributed by atoms with Crippen molar-refractivity contribution in [2.45, 2.75) is 49.6 Å². The van der Waals surface area contributed by atoms with Crippen molar-refractivity contribution in [3.8, 4) is 12.1 Å². The Balaban J connectivity index is 2.53. The average Bonchev–Trinajstić information content (AvgIpc) is 2.92. The number of aliphatic hydroxyl groups excluding tert-OH is 1. The topological polar surface area (TPSA) is 85.6 Å². The molecular weight excluding hydrogens is 320 g/mol. The van der Waals surface area contributed by atoms with Gasteiger partial charge in [-0.05, 0) is 31.0 Å². The summed E-state index contributed by atoms with van der Waals surface area (Å²) in [4.78, 5) is 5.55. The Bertz CT molecular complexity index is 779. The number of rotatable bonds is 6. The molecule has 0 saturated carbocycles. The molecule has 0 bridgehead atoms. The highest BCUT2D eigenvalue weighted by Gasteiger charge is 2.19. The molecule has 0 fully saturated rings. The third-order valence-electron chi connectivity index (χ3n) is 3.60. The smallest absolute Gasteiger partial charge is 0.112 e. The summed E-state index contributed by atoms with van der Waals surface area (Å²) in [5, 5.41) is 28.6. The number of aromatic nitrogens is 2. The van der Waals surface area contributed by atoms with Crippen LogP contribution in [0.25, 0.3) is 0 Å². The number of aliphatic hydroxyl groups is 1. The van der Waals surface area contributed by atoms with E-state index in [0.717, 1.165) is 28.0 Å². The Morgan fingerprint density at radius 2 is 1.83 bits per heavy atom. The molecule has 5 nitrogen and oxygen atoms in total. The zero-order valence-electron chi connectivity index (χ0n) is 14.1. The summed E-state index contributed by atoms with van der Waals surface area (Å²) >= 11 is 1.52. The molecule has 0 atom stereocenters. The van der Waals surface area contributed by atoms with E-state index in [4.69, 9.17) is 15.5 Å². The Kier molecular flexibility index (Phi) is 6.03. The van der Waals surface area contributed by atoms with Crippen LogP contribution in [0.1, 0.15) is 49.3 Å². The predicted octanol–water partition coefficient (Wildman–Crippen LogP) is 3.46. The van der Waals surface area contributed by atoms with Crippen molar-refractivity contribution in [2.75, 3.05) is 6.61 Å². The maximum Gasteiger partial charge on any atom is 0.112 e. The van der Waals surface area contributed by atoms with Crippen LogP contribution >= 0.6 is 11.8 Å². The van der Waals surface area contributed by atoms with Crippen molar-refractivity contribution in [1.29, 1.82) is 10.5 Å². The Morgan fingerprint density at radius 1 is 1.21 bits per heavy atom. The Hall–Kier alpha value is -2.28. The van der Waals surface area contributed by atoms with Gasteiger partial charge in [-0.2, -0.15) is 10.5 Å². The van der Waals surface area contributed by atoms with Crippen LogP contribution in [0.15, 0.2) is 28.1 Å². The second-order valence-electron chi connectivity index (χ2n) is 5.66. The maximum atomic E-state index is 9.27. The number of nitrogens with zero attached hydrogens (tertiary/aromatic N) is 4. The molecule has 0 radical (unpaired) electrons. The van der Waals surface area contributed by atoms with Crippen LogP contribution in [0.2, 0.25) is 0 Å². The van der Waals surface area contributed by atoms with Crippen LogP contribution in [0, 0.1) is 22.7 Å². The molecule has 6 heteroatoms. The summed E-state index contributed by atoms with van der Waals surface area (Å²) in [5.41, 5.74) is 1.92. The molecule has 1 N–H and O–H groups in total. The van der Waals surface area contributed by atoms with Gasteiger partial charge in [-0.1, -0.05) is 25.6 Å². The number of imidazole rings is 1. The van der Waals surface area contributed by atoms with Crippen LogP contribution < -0.4 is 0 Å². The lowest BCUT2D eigenvalue weighted by molar-refractivity contribution is 0.294. The predicted molar refractivity (Wildman–Crippen MR) is 92.8 cm³/mol. The molecule has 1 aromatic heterocycles. The zero-order valence-corrected chi connectivity index (χ0v) is 14.9. The fraction of sp³-hybridized carbons (Fsp3) is 0.389. The monoisotopic (exact) mass is 340 g/mol. The quantitative estimate of drug-likeness (QED) is 0.870. The van der Waals surface area contributed by atoms with Crippen LogP contribution in [0.4, 0.5) is 0 Å². The molecule has 124 valence electrons. The molecule has 0 unspecified atom stereocenters. The summed E-state index contributed by atoms with van der Waals surface area (Å²) in [7, 11) is 0. The highest BCUT2D eigenvalue weighted by molar-refractivity contribution is 7.99. The largest absolute Gasteiger partial charge is 0.396 e. The first-order valence-corrected chi connectivity index (χ1v) is 8.68. The van der Waals surface area contributed by atoms with Crippen LogP contribution in [0.3, 0.4) is 0 Å². The molecule has 2 rings (SSSR count). The maximum absolute atomic E-state index is 9.27.